The highest BCUT2D eigenvalue weighted by Gasteiger charge is 2.60. The van der Waals surface area contributed by atoms with Crippen molar-refractivity contribution in [1.29, 1.82) is 0 Å². The van der Waals surface area contributed by atoms with Gasteiger partial charge in [-0.15, -0.1) is 18.5 Å². The van der Waals surface area contributed by atoms with Crippen LogP contribution in [0.2, 0.25) is 19.6 Å². The maximum atomic E-state index is 3.94. The largest absolute Gasteiger partial charge is 0.301 e. The zero-order valence-corrected chi connectivity index (χ0v) is 25.7. The fourth-order valence-electron chi connectivity index (χ4n) is 9.39. The Kier molecular flexibility index (Phi) is 7.00. The molecular formula is C28H50N4P2Si. The van der Waals surface area contributed by atoms with Crippen LogP contribution in [0.5, 0.6) is 0 Å². The molecule has 5 atom stereocenters. The SMILES string of the molecule is C[Si](C)(C)C1=CC(C23CC4CC(CC(C4)C2CP)C3)=C(C(P)(C2NCCCN2)C2NCCCN2)C1. The van der Waals surface area contributed by atoms with E-state index in [1.807, 2.05) is 0 Å². The van der Waals surface area contributed by atoms with Gasteiger partial charge < -0.3 is 21.3 Å². The van der Waals surface area contributed by atoms with Gasteiger partial charge in [0.1, 0.15) is 0 Å². The van der Waals surface area contributed by atoms with Crippen LogP contribution < -0.4 is 21.3 Å². The summed E-state index contributed by atoms with van der Waals surface area (Å²) in [7, 11) is 5.27. The van der Waals surface area contributed by atoms with E-state index in [1.165, 1.54) is 57.5 Å². The molecular weight excluding hydrogens is 482 g/mol. The molecule has 0 aromatic heterocycles. The van der Waals surface area contributed by atoms with Crippen molar-refractivity contribution in [3.05, 3.63) is 22.4 Å². The minimum absolute atomic E-state index is 0.0666. The van der Waals surface area contributed by atoms with Gasteiger partial charge in [0.05, 0.1) is 25.6 Å². The topological polar surface area (TPSA) is 48.1 Å². The van der Waals surface area contributed by atoms with Crippen LogP contribution in [0.1, 0.15) is 51.4 Å². The number of nitrogens with one attached hydrogen (secondary N) is 4. The molecule has 7 rings (SSSR count). The standard InChI is InChI=1S/C28H50N4P2Si/c1-35(2,3)21-13-22(27-15-18-10-19(16-27)12-20(11-18)24(27)17-33)23(14-21)28(34,25-29-6-4-7-30-25)26-31-8-5-9-32-26/h13,18-20,24-26,29-32H,4-12,14-17,33-34H2,1-3H3. The van der Waals surface area contributed by atoms with Gasteiger partial charge in [-0.2, -0.15) is 0 Å². The highest BCUT2D eigenvalue weighted by molar-refractivity contribution is 7.19. The minimum Gasteiger partial charge on any atom is -0.301 e. The Morgan fingerprint density at radius 3 is 1.94 bits per heavy atom. The zero-order chi connectivity index (χ0) is 24.4. The van der Waals surface area contributed by atoms with Gasteiger partial charge in [0, 0.05) is 0 Å². The van der Waals surface area contributed by atoms with E-state index in [-0.39, 0.29) is 17.5 Å². The second kappa shape index (κ2) is 9.55. The fraction of sp³-hybridized carbons (Fsp3) is 0.857. The molecule has 0 amide bonds. The Balaban J connectivity index is 1.51. The van der Waals surface area contributed by atoms with Gasteiger partial charge in [0.2, 0.25) is 0 Å². The summed E-state index contributed by atoms with van der Waals surface area (Å²) in [6.45, 7) is 12.2. The number of hydrogen-bond acceptors (Lipinski definition) is 4. The Bertz CT molecular complexity index is 852. The second-order valence-electron chi connectivity index (χ2n) is 13.9. The molecule has 4 bridgehead atoms. The normalized spacial score (nSPS) is 38.9. The Labute approximate surface area is 219 Å². The van der Waals surface area contributed by atoms with E-state index in [4.69, 9.17) is 0 Å². The lowest BCUT2D eigenvalue weighted by molar-refractivity contribution is -0.0766. The number of hydrogen-bond donors (Lipinski definition) is 4. The van der Waals surface area contributed by atoms with Gasteiger partial charge in [0.25, 0.3) is 0 Å². The average molecular weight is 533 g/mol. The van der Waals surface area contributed by atoms with Gasteiger partial charge in [-0.25, -0.2) is 0 Å². The van der Waals surface area contributed by atoms with Crippen molar-refractivity contribution < 1.29 is 0 Å². The van der Waals surface area contributed by atoms with Crippen molar-refractivity contribution in [2.24, 2.45) is 29.1 Å². The Hall–Kier alpha value is 0.397. The van der Waals surface area contributed by atoms with Gasteiger partial charge in [-0.1, -0.05) is 30.9 Å². The van der Waals surface area contributed by atoms with Crippen LogP contribution in [0.15, 0.2) is 22.4 Å². The Morgan fingerprint density at radius 2 is 1.46 bits per heavy atom. The third kappa shape index (κ3) is 4.23. The van der Waals surface area contributed by atoms with Gasteiger partial charge in [-0.3, -0.25) is 0 Å². The third-order valence-electron chi connectivity index (χ3n) is 10.9. The lowest BCUT2D eigenvalue weighted by atomic mass is 9.43. The van der Waals surface area contributed by atoms with E-state index in [0.29, 0.717) is 5.41 Å². The predicted molar refractivity (Wildman–Crippen MR) is 158 cm³/mol. The zero-order valence-electron chi connectivity index (χ0n) is 22.4. The van der Waals surface area contributed by atoms with Crippen LogP contribution in [-0.4, -0.2) is 57.9 Å². The molecule has 5 unspecified atom stereocenters. The second-order valence-corrected chi connectivity index (χ2v) is 20.5. The lowest BCUT2D eigenvalue weighted by Crippen LogP contribution is -2.71. The van der Waals surface area contributed by atoms with E-state index in [1.54, 1.807) is 16.3 Å². The summed E-state index contributed by atoms with van der Waals surface area (Å²) in [5.41, 5.74) is 3.96. The van der Waals surface area contributed by atoms with Crippen molar-refractivity contribution in [3.8, 4) is 0 Å². The molecule has 0 aromatic carbocycles. The van der Waals surface area contributed by atoms with Crippen molar-refractivity contribution >= 4 is 26.6 Å². The summed E-state index contributed by atoms with van der Waals surface area (Å²) in [6.07, 6.45) is 15.7. The summed E-state index contributed by atoms with van der Waals surface area (Å²) in [6, 6.07) is 0. The van der Waals surface area contributed by atoms with Crippen LogP contribution >= 0.6 is 18.5 Å². The summed E-state index contributed by atoms with van der Waals surface area (Å²) < 4.78 is 0. The molecule has 0 aromatic rings. The van der Waals surface area contributed by atoms with Gasteiger partial charge >= 0.3 is 0 Å². The average Bonchev–Trinajstić information content (AvgIpc) is 3.32. The number of allylic oxidation sites excluding steroid dienone is 3. The molecule has 7 aliphatic rings. The molecule has 7 heteroatoms. The van der Waals surface area contributed by atoms with Crippen LogP contribution in [-0.2, 0) is 0 Å². The molecule has 4 nitrogen and oxygen atoms in total. The smallest absolute Gasteiger partial charge is 0.0732 e. The molecule has 2 heterocycles. The molecule has 5 aliphatic carbocycles. The van der Waals surface area contributed by atoms with Crippen LogP contribution in [0.4, 0.5) is 0 Å². The summed E-state index contributed by atoms with van der Waals surface area (Å²) in [5, 5.41) is 17.5. The van der Waals surface area contributed by atoms with E-state index in [0.717, 1.165) is 49.9 Å². The van der Waals surface area contributed by atoms with E-state index in [9.17, 15) is 0 Å². The predicted octanol–water partition coefficient (Wildman–Crippen LogP) is 4.24. The highest BCUT2D eigenvalue weighted by atomic mass is 31.0. The molecule has 196 valence electrons. The first kappa shape index (κ1) is 25.7. The molecule has 6 fully saturated rings. The first-order valence-corrected chi connectivity index (χ1v) is 19.5. The molecule has 0 radical (unpaired) electrons. The molecule has 35 heavy (non-hydrogen) atoms. The van der Waals surface area contributed by atoms with Crippen molar-refractivity contribution in [3.63, 3.8) is 0 Å². The lowest BCUT2D eigenvalue weighted by Gasteiger charge is -2.63. The highest BCUT2D eigenvalue weighted by Crippen LogP contribution is 2.68. The monoisotopic (exact) mass is 532 g/mol. The van der Waals surface area contributed by atoms with Crippen LogP contribution in [0.25, 0.3) is 0 Å². The summed E-state index contributed by atoms with van der Waals surface area (Å²) >= 11 is 0. The molecule has 0 spiro atoms. The number of rotatable bonds is 6. The molecule has 4 saturated carbocycles. The maximum Gasteiger partial charge on any atom is 0.0732 e. The van der Waals surface area contributed by atoms with Gasteiger partial charge in [0.15, 0.2) is 0 Å². The quantitative estimate of drug-likeness (QED) is 0.305. The summed E-state index contributed by atoms with van der Waals surface area (Å²) in [5.74, 6) is 3.73. The molecule has 2 saturated heterocycles. The first-order valence-electron chi connectivity index (χ1n) is 14.6. The fourth-order valence-corrected chi connectivity index (χ4v) is 12.2. The van der Waals surface area contributed by atoms with Crippen LogP contribution in [0.3, 0.4) is 0 Å². The van der Waals surface area contributed by atoms with E-state index >= 15 is 0 Å². The molecule has 2 aliphatic heterocycles. The van der Waals surface area contributed by atoms with Crippen molar-refractivity contribution in [2.45, 2.75) is 88.5 Å². The molecule has 4 N–H and O–H groups in total. The van der Waals surface area contributed by atoms with Gasteiger partial charge in [-0.05, 0) is 124 Å². The van der Waals surface area contributed by atoms with E-state index < -0.39 is 8.07 Å². The first-order chi connectivity index (χ1) is 16.8. The maximum absolute atomic E-state index is 3.94. The van der Waals surface area contributed by atoms with E-state index in [2.05, 4.69) is 65.5 Å². The minimum atomic E-state index is -1.41. The van der Waals surface area contributed by atoms with Crippen LogP contribution in [0, 0.1) is 29.1 Å². The van der Waals surface area contributed by atoms with Crippen molar-refractivity contribution in [1.82, 2.24) is 21.3 Å². The third-order valence-corrected chi connectivity index (χ3v) is 14.6. The summed E-state index contributed by atoms with van der Waals surface area (Å²) in [4.78, 5) is 0. The Morgan fingerprint density at radius 1 is 0.914 bits per heavy atom. The van der Waals surface area contributed by atoms with Crippen molar-refractivity contribution in [2.75, 3.05) is 32.3 Å².